The molecule has 1 fully saturated rings. The van der Waals surface area contributed by atoms with Crippen LogP contribution in [-0.4, -0.2) is 41.1 Å². The largest absolute Gasteiger partial charge is 0.345 e. The van der Waals surface area contributed by atoms with E-state index in [0.717, 1.165) is 47.5 Å². The van der Waals surface area contributed by atoms with Crippen molar-refractivity contribution in [1.29, 1.82) is 0 Å². The maximum Gasteiger partial charge on any atom is 0.225 e. The third kappa shape index (κ3) is 2.48. The number of benzene rings is 1. The van der Waals surface area contributed by atoms with Crippen LogP contribution in [0.2, 0.25) is 0 Å². The summed E-state index contributed by atoms with van der Waals surface area (Å²) in [4.78, 5) is 17.6. The maximum atomic E-state index is 13.3. The summed E-state index contributed by atoms with van der Waals surface area (Å²) in [6, 6.07) is 6.56. The summed E-state index contributed by atoms with van der Waals surface area (Å²) in [5.41, 5.74) is 0.857. The van der Waals surface area contributed by atoms with Gasteiger partial charge in [-0.3, -0.25) is 0 Å². The van der Waals surface area contributed by atoms with Crippen LogP contribution in [0.1, 0.15) is 0 Å². The molecule has 0 N–H and O–H groups in total. The smallest absolute Gasteiger partial charge is 0.225 e. The third-order valence-corrected chi connectivity index (χ3v) is 4.80. The van der Waals surface area contributed by atoms with Gasteiger partial charge in [-0.25, -0.2) is 19.3 Å². The number of nitrogens with zero attached hydrogens (tertiary/aromatic N) is 5. The first-order chi connectivity index (χ1) is 10.8. The predicted molar refractivity (Wildman–Crippen MR) is 86.0 cm³/mol. The van der Waals surface area contributed by atoms with Crippen LogP contribution in [0.4, 0.5) is 15.5 Å². The van der Waals surface area contributed by atoms with Crippen molar-refractivity contribution in [2.24, 2.45) is 0 Å². The van der Waals surface area contributed by atoms with E-state index in [4.69, 9.17) is 0 Å². The zero-order valence-electron chi connectivity index (χ0n) is 11.8. The number of hydrogen-bond acceptors (Lipinski definition) is 6. The zero-order chi connectivity index (χ0) is 14.9. The molecule has 4 rings (SSSR count). The molecule has 2 aromatic heterocycles. The van der Waals surface area contributed by atoms with Crippen LogP contribution < -0.4 is 9.80 Å². The Balaban J connectivity index is 1.50. The van der Waals surface area contributed by atoms with E-state index < -0.39 is 0 Å². The number of aromatic nitrogens is 3. The van der Waals surface area contributed by atoms with Crippen LogP contribution in [0.5, 0.6) is 0 Å². The topological polar surface area (TPSA) is 45.2 Å². The van der Waals surface area contributed by atoms with Gasteiger partial charge in [-0.1, -0.05) is 11.3 Å². The fraction of sp³-hybridized carbons (Fsp3) is 0.267. The van der Waals surface area contributed by atoms with Gasteiger partial charge in [-0.15, -0.1) is 0 Å². The van der Waals surface area contributed by atoms with Gasteiger partial charge in [-0.2, -0.15) is 0 Å². The van der Waals surface area contributed by atoms with Crippen molar-refractivity contribution in [2.45, 2.75) is 0 Å². The van der Waals surface area contributed by atoms with E-state index in [0.29, 0.717) is 0 Å². The lowest BCUT2D eigenvalue weighted by Gasteiger charge is -2.34. The number of fused-ring (bicyclic) bond motifs is 1. The Kier molecular flexibility index (Phi) is 3.34. The highest BCUT2D eigenvalue weighted by Gasteiger charge is 2.21. The SMILES string of the molecule is Fc1ccc2nc(N3CCN(c4ncccn4)CC3)sc2c1. The van der Waals surface area contributed by atoms with Crippen LogP contribution >= 0.6 is 11.3 Å². The summed E-state index contributed by atoms with van der Waals surface area (Å²) in [5.74, 6) is 0.558. The summed E-state index contributed by atoms with van der Waals surface area (Å²) in [7, 11) is 0. The Hall–Kier alpha value is -2.28. The first kappa shape index (κ1) is 13.4. The average molecular weight is 315 g/mol. The van der Waals surface area contributed by atoms with Crippen LogP contribution in [0.25, 0.3) is 10.2 Å². The van der Waals surface area contributed by atoms with Crippen molar-refractivity contribution in [3.8, 4) is 0 Å². The molecule has 5 nitrogen and oxygen atoms in total. The summed E-state index contributed by atoms with van der Waals surface area (Å²) in [6.45, 7) is 3.43. The third-order valence-electron chi connectivity index (χ3n) is 3.72. The Labute approximate surface area is 131 Å². The molecule has 1 aliphatic rings. The van der Waals surface area contributed by atoms with E-state index in [1.165, 1.54) is 6.07 Å². The standard InChI is InChI=1S/C15H14FN5S/c16-11-2-3-12-13(10-11)22-15(19-12)21-8-6-20(7-9-21)14-17-4-1-5-18-14/h1-5,10H,6-9H2. The minimum atomic E-state index is -0.214. The van der Waals surface area contributed by atoms with Gasteiger partial charge in [0.1, 0.15) is 5.82 Å². The normalized spacial score (nSPS) is 15.5. The highest BCUT2D eigenvalue weighted by Crippen LogP contribution is 2.30. The lowest BCUT2D eigenvalue weighted by atomic mass is 10.3. The number of piperazine rings is 1. The highest BCUT2D eigenvalue weighted by molar-refractivity contribution is 7.22. The molecule has 22 heavy (non-hydrogen) atoms. The van der Waals surface area contributed by atoms with Gasteiger partial charge in [0, 0.05) is 38.6 Å². The molecule has 0 spiro atoms. The number of halogens is 1. The predicted octanol–water partition coefficient (Wildman–Crippen LogP) is 2.55. The zero-order valence-corrected chi connectivity index (χ0v) is 12.6. The van der Waals surface area contributed by atoms with Gasteiger partial charge in [0.05, 0.1) is 10.2 Å². The van der Waals surface area contributed by atoms with E-state index >= 15 is 0 Å². The van der Waals surface area contributed by atoms with Crippen LogP contribution in [0.3, 0.4) is 0 Å². The molecule has 3 heterocycles. The molecule has 0 bridgehead atoms. The lowest BCUT2D eigenvalue weighted by Crippen LogP contribution is -2.47. The molecular weight excluding hydrogens is 301 g/mol. The fourth-order valence-electron chi connectivity index (χ4n) is 2.57. The first-order valence-electron chi connectivity index (χ1n) is 7.12. The number of anilines is 2. The second-order valence-electron chi connectivity index (χ2n) is 5.13. The van der Waals surface area contributed by atoms with E-state index in [9.17, 15) is 4.39 Å². The first-order valence-corrected chi connectivity index (χ1v) is 7.94. The molecule has 7 heteroatoms. The minimum absolute atomic E-state index is 0.214. The van der Waals surface area contributed by atoms with Crippen LogP contribution in [0, 0.1) is 5.82 Å². The van der Waals surface area contributed by atoms with Crippen molar-refractivity contribution < 1.29 is 4.39 Å². The molecule has 0 unspecified atom stereocenters. The van der Waals surface area contributed by atoms with E-state index in [-0.39, 0.29) is 5.82 Å². The summed E-state index contributed by atoms with van der Waals surface area (Å²) in [6.07, 6.45) is 3.52. The molecule has 0 atom stereocenters. The number of thiazole rings is 1. The van der Waals surface area contributed by atoms with Crippen molar-refractivity contribution in [2.75, 3.05) is 36.0 Å². The van der Waals surface area contributed by atoms with Gasteiger partial charge in [0.25, 0.3) is 0 Å². The average Bonchev–Trinajstić information content (AvgIpc) is 2.99. The number of rotatable bonds is 2. The second kappa shape index (κ2) is 5.49. The summed E-state index contributed by atoms with van der Waals surface area (Å²) < 4.78 is 14.2. The maximum absolute atomic E-state index is 13.3. The van der Waals surface area contributed by atoms with Gasteiger partial charge >= 0.3 is 0 Å². The van der Waals surface area contributed by atoms with Gasteiger partial charge in [-0.05, 0) is 24.3 Å². The highest BCUT2D eigenvalue weighted by atomic mass is 32.1. The van der Waals surface area contributed by atoms with Crippen molar-refractivity contribution in [1.82, 2.24) is 15.0 Å². The van der Waals surface area contributed by atoms with E-state index in [2.05, 4.69) is 24.8 Å². The van der Waals surface area contributed by atoms with Crippen LogP contribution in [-0.2, 0) is 0 Å². The Bertz CT molecular complexity index is 783. The molecule has 112 valence electrons. The number of hydrogen-bond donors (Lipinski definition) is 0. The molecule has 1 saturated heterocycles. The molecule has 0 aliphatic carbocycles. The minimum Gasteiger partial charge on any atom is -0.345 e. The Morgan fingerprint density at radius 1 is 1.00 bits per heavy atom. The van der Waals surface area contributed by atoms with Gasteiger partial charge < -0.3 is 9.80 Å². The van der Waals surface area contributed by atoms with Crippen molar-refractivity contribution in [3.05, 3.63) is 42.5 Å². The van der Waals surface area contributed by atoms with Crippen molar-refractivity contribution in [3.63, 3.8) is 0 Å². The molecule has 3 aromatic rings. The Morgan fingerprint density at radius 2 is 1.73 bits per heavy atom. The summed E-state index contributed by atoms with van der Waals surface area (Å²) in [5, 5.41) is 0.953. The monoisotopic (exact) mass is 315 g/mol. The van der Waals surface area contributed by atoms with Gasteiger partial charge in [0.15, 0.2) is 5.13 Å². The molecule has 0 radical (unpaired) electrons. The fourth-order valence-corrected chi connectivity index (χ4v) is 3.62. The second-order valence-corrected chi connectivity index (χ2v) is 6.14. The van der Waals surface area contributed by atoms with E-state index in [1.807, 2.05) is 6.07 Å². The van der Waals surface area contributed by atoms with Gasteiger partial charge in [0.2, 0.25) is 5.95 Å². The quantitative estimate of drug-likeness (QED) is 0.727. The van der Waals surface area contributed by atoms with Crippen LogP contribution in [0.15, 0.2) is 36.7 Å². The molecule has 0 amide bonds. The van der Waals surface area contributed by atoms with Crippen molar-refractivity contribution >= 4 is 32.6 Å². The molecule has 1 aromatic carbocycles. The molecule has 0 saturated carbocycles. The molecular formula is C15H14FN5S. The summed E-state index contributed by atoms with van der Waals surface area (Å²) >= 11 is 1.54. The molecule has 1 aliphatic heterocycles. The lowest BCUT2D eigenvalue weighted by molar-refractivity contribution is 0.630. The Morgan fingerprint density at radius 3 is 2.50 bits per heavy atom. The van der Waals surface area contributed by atoms with E-state index in [1.54, 1.807) is 35.9 Å².